The summed E-state index contributed by atoms with van der Waals surface area (Å²) in [5.74, 6) is -2.05. The van der Waals surface area contributed by atoms with E-state index in [1.807, 2.05) is 0 Å². The molecule has 76 valence electrons. The predicted octanol–water partition coefficient (Wildman–Crippen LogP) is 1.74. The molecule has 14 heavy (non-hydrogen) atoms. The van der Waals surface area contributed by atoms with Crippen LogP contribution in [0.1, 0.15) is 12.5 Å². The van der Waals surface area contributed by atoms with Crippen LogP contribution in [0.4, 0.5) is 4.39 Å². The Balaban J connectivity index is 3.38. The van der Waals surface area contributed by atoms with E-state index >= 15 is 0 Å². The van der Waals surface area contributed by atoms with Crippen molar-refractivity contribution in [1.29, 1.82) is 0 Å². The second-order valence-corrected chi connectivity index (χ2v) is 3.51. The fourth-order valence-electron chi connectivity index (χ4n) is 1.10. The monoisotopic (exact) mass is 217 g/mol. The van der Waals surface area contributed by atoms with Crippen LogP contribution in [0.25, 0.3) is 0 Å². The van der Waals surface area contributed by atoms with Gasteiger partial charge in [-0.2, -0.15) is 0 Å². The van der Waals surface area contributed by atoms with E-state index in [-0.39, 0.29) is 10.6 Å². The zero-order valence-electron chi connectivity index (χ0n) is 7.42. The van der Waals surface area contributed by atoms with Crippen molar-refractivity contribution in [1.82, 2.24) is 0 Å². The van der Waals surface area contributed by atoms with Crippen LogP contribution in [0.3, 0.4) is 0 Å². The third kappa shape index (κ3) is 1.71. The summed E-state index contributed by atoms with van der Waals surface area (Å²) >= 11 is 5.67. The summed E-state index contributed by atoms with van der Waals surface area (Å²) in [6.07, 6.45) is 0. The van der Waals surface area contributed by atoms with Gasteiger partial charge in [-0.05, 0) is 19.1 Å². The number of halogens is 2. The van der Waals surface area contributed by atoms with Gasteiger partial charge in [-0.3, -0.25) is 0 Å². The van der Waals surface area contributed by atoms with Gasteiger partial charge in [-0.15, -0.1) is 0 Å². The van der Waals surface area contributed by atoms with Crippen LogP contribution in [0.2, 0.25) is 5.02 Å². The summed E-state index contributed by atoms with van der Waals surface area (Å²) in [7, 11) is 0. The fraction of sp³-hybridized carbons (Fsp3) is 0.222. The van der Waals surface area contributed by atoms with Crippen molar-refractivity contribution >= 4 is 17.6 Å². The summed E-state index contributed by atoms with van der Waals surface area (Å²) in [6, 6.07) is 3.91. The molecular weight excluding hydrogens is 209 g/mol. The molecule has 0 bridgehead atoms. The molecule has 1 aromatic rings. The van der Waals surface area contributed by atoms with Crippen LogP contribution in [-0.2, 0) is 10.3 Å². The van der Waals surface area contributed by atoms with E-state index in [1.54, 1.807) is 0 Å². The molecule has 0 fully saturated rings. The van der Waals surface area contributed by atoms with Gasteiger partial charge in [-0.25, -0.2) is 9.18 Å². The van der Waals surface area contributed by atoms with Crippen molar-refractivity contribution in [3.8, 4) is 0 Å². The average molecular weight is 218 g/mol. The summed E-state index contributed by atoms with van der Waals surface area (Å²) in [5.41, 5.74) is 3.44. The molecule has 5 heteroatoms. The van der Waals surface area contributed by atoms with Crippen molar-refractivity contribution in [3.05, 3.63) is 34.6 Å². The van der Waals surface area contributed by atoms with E-state index in [1.165, 1.54) is 19.1 Å². The standard InChI is InChI=1S/C9H9ClFNO2/c1-9(12,8(13)14)7-5(10)3-2-4-6(7)11/h2-4H,12H2,1H3,(H,13,14). The van der Waals surface area contributed by atoms with E-state index in [0.717, 1.165) is 6.07 Å². The van der Waals surface area contributed by atoms with Crippen LogP contribution in [0, 0.1) is 5.82 Å². The third-order valence-corrected chi connectivity index (χ3v) is 2.24. The highest BCUT2D eigenvalue weighted by Gasteiger charge is 2.34. The van der Waals surface area contributed by atoms with E-state index in [2.05, 4.69) is 0 Å². The molecule has 1 rings (SSSR count). The molecule has 1 aromatic carbocycles. The minimum atomic E-state index is -1.82. The Hall–Kier alpha value is -1.13. The first-order valence-corrected chi connectivity index (χ1v) is 4.22. The first kappa shape index (κ1) is 10.9. The predicted molar refractivity (Wildman–Crippen MR) is 50.6 cm³/mol. The minimum absolute atomic E-state index is 0.0115. The molecule has 0 aliphatic rings. The van der Waals surface area contributed by atoms with Crippen molar-refractivity contribution in [2.24, 2.45) is 5.73 Å². The molecule has 0 aliphatic carbocycles. The quantitative estimate of drug-likeness (QED) is 0.793. The Morgan fingerprint density at radius 3 is 2.64 bits per heavy atom. The molecule has 0 saturated heterocycles. The zero-order valence-corrected chi connectivity index (χ0v) is 8.18. The molecular formula is C9H9ClFNO2. The van der Waals surface area contributed by atoms with Crippen LogP contribution < -0.4 is 5.73 Å². The van der Waals surface area contributed by atoms with E-state index in [0.29, 0.717) is 0 Å². The van der Waals surface area contributed by atoms with Gasteiger partial charge >= 0.3 is 5.97 Å². The van der Waals surface area contributed by atoms with Crippen molar-refractivity contribution in [2.75, 3.05) is 0 Å². The van der Waals surface area contributed by atoms with Crippen LogP contribution in [0.15, 0.2) is 18.2 Å². The lowest BCUT2D eigenvalue weighted by Gasteiger charge is -2.21. The fourth-order valence-corrected chi connectivity index (χ4v) is 1.46. The maximum Gasteiger partial charge on any atom is 0.328 e. The van der Waals surface area contributed by atoms with Gasteiger partial charge in [0.15, 0.2) is 0 Å². The summed E-state index contributed by atoms with van der Waals surface area (Å²) < 4.78 is 13.3. The van der Waals surface area contributed by atoms with Gasteiger partial charge in [0.05, 0.1) is 0 Å². The normalized spacial score (nSPS) is 14.9. The van der Waals surface area contributed by atoms with Gasteiger partial charge in [0.2, 0.25) is 0 Å². The first-order chi connectivity index (χ1) is 6.37. The Morgan fingerprint density at radius 2 is 2.21 bits per heavy atom. The zero-order chi connectivity index (χ0) is 10.9. The molecule has 0 heterocycles. The largest absolute Gasteiger partial charge is 0.480 e. The molecule has 3 nitrogen and oxygen atoms in total. The molecule has 1 unspecified atom stereocenters. The third-order valence-electron chi connectivity index (χ3n) is 1.93. The van der Waals surface area contributed by atoms with Gasteiger partial charge in [0, 0.05) is 10.6 Å². The molecule has 0 aromatic heterocycles. The number of carboxylic acid groups (broad SMARTS) is 1. The average Bonchev–Trinajstić information content (AvgIpc) is 2.02. The highest BCUT2D eigenvalue weighted by molar-refractivity contribution is 6.31. The molecule has 0 radical (unpaired) electrons. The lowest BCUT2D eigenvalue weighted by atomic mass is 9.93. The van der Waals surface area contributed by atoms with Crippen molar-refractivity contribution < 1.29 is 14.3 Å². The minimum Gasteiger partial charge on any atom is -0.480 e. The summed E-state index contributed by atoms with van der Waals surface area (Å²) in [5, 5.41) is 8.80. The molecule has 1 atom stereocenters. The second-order valence-electron chi connectivity index (χ2n) is 3.10. The molecule has 0 spiro atoms. The smallest absolute Gasteiger partial charge is 0.328 e. The number of benzene rings is 1. The Bertz CT molecular complexity index is 359. The highest BCUT2D eigenvalue weighted by Crippen LogP contribution is 2.28. The van der Waals surface area contributed by atoms with E-state index < -0.39 is 17.3 Å². The Labute approximate surface area is 85.3 Å². The van der Waals surface area contributed by atoms with Crippen molar-refractivity contribution in [3.63, 3.8) is 0 Å². The van der Waals surface area contributed by atoms with Crippen LogP contribution in [-0.4, -0.2) is 11.1 Å². The number of hydrogen-bond donors (Lipinski definition) is 2. The van der Waals surface area contributed by atoms with Gasteiger partial charge in [0.1, 0.15) is 11.4 Å². The highest BCUT2D eigenvalue weighted by atomic mass is 35.5. The van der Waals surface area contributed by atoms with Crippen LogP contribution >= 0.6 is 11.6 Å². The van der Waals surface area contributed by atoms with Gasteiger partial charge < -0.3 is 10.8 Å². The van der Waals surface area contributed by atoms with E-state index in [9.17, 15) is 9.18 Å². The summed E-state index contributed by atoms with van der Waals surface area (Å²) in [4.78, 5) is 10.8. The SMILES string of the molecule is CC(N)(C(=O)O)c1c(F)cccc1Cl. The lowest BCUT2D eigenvalue weighted by Crippen LogP contribution is -2.42. The number of rotatable bonds is 2. The number of hydrogen-bond acceptors (Lipinski definition) is 2. The molecule has 0 saturated carbocycles. The Morgan fingerprint density at radius 1 is 1.64 bits per heavy atom. The first-order valence-electron chi connectivity index (χ1n) is 3.84. The summed E-state index contributed by atoms with van der Waals surface area (Å²) in [6.45, 7) is 1.19. The topological polar surface area (TPSA) is 63.3 Å². The maximum atomic E-state index is 13.3. The molecule has 0 aliphatic heterocycles. The van der Waals surface area contributed by atoms with E-state index in [4.69, 9.17) is 22.4 Å². The maximum absolute atomic E-state index is 13.3. The van der Waals surface area contributed by atoms with Crippen LogP contribution in [0.5, 0.6) is 0 Å². The van der Waals surface area contributed by atoms with Gasteiger partial charge in [-0.1, -0.05) is 17.7 Å². The van der Waals surface area contributed by atoms with Crippen molar-refractivity contribution in [2.45, 2.75) is 12.5 Å². The number of carbonyl (C=O) groups is 1. The lowest BCUT2D eigenvalue weighted by molar-refractivity contribution is -0.143. The Kier molecular flexibility index (Phi) is 2.78. The molecule has 0 amide bonds. The number of nitrogens with two attached hydrogens (primary N) is 1. The van der Waals surface area contributed by atoms with Gasteiger partial charge in [0.25, 0.3) is 0 Å². The second kappa shape index (κ2) is 3.55. The molecule has 3 N–H and O–H groups in total. The number of carboxylic acids is 1. The number of aliphatic carboxylic acids is 1.